The maximum absolute atomic E-state index is 13.1. The Bertz CT molecular complexity index is 1630. The number of fused-ring (bicyclic) bond motifs is 2. The summed E-state index contributed by atoms with van der Waals surface area (Å²) in [5.41, 5.74) is 11.8. The predicted octanol–water partition coefficient (Wildman–Crippen LogP) is 4.27. The predicted molar refractivity (Wildman–Crippen MR) is 148 cm³/mol. The smallest absolute Gasteiger partial charge is 0.253 e. The maximum atomic E-state index is 13.1. The van der Waals surface area contributed by atoms with E-state index in [0.29, 0.717) is 25.0 Å². The lowest BCUT2D eigenvalue weighted by atomic mass is 9.94. The van der Waals surface area contributed by atoms with Crippen LogP contribution in [0.2, 0.25) is 0 Å². The number of carbonyl (C=O) groups excluding carboxylic acids is 1. The molecule has 9 heteroatoms. The van der Waals surface area contributed by atoms with Crippen molar-refractivity contribution >= 4 is 22.9 Å². The van der Waals surface area contributed by atoms with Gasteiger partial charge in [-0.15, -0.1) is 0 Å². The Morgan fingerprint density at radius 3 is 2.82 bits per heavy atom. The summed E-state index contributed by atoms with van der Waals surface area (Å²) in [5, 5.41) is 2.98. The molecule has 1 aliphatic rings. The Morgan fingerprint density at radius 1 is 1.13 bits per heavy atom. The van der Waals surface area contributed by atoms with Gasteiger partial charge in [0.05, 0.1) is 29.3 Å². The molecule has 0 aliphatic carbocycles. The van der Waals surface area contributed by atoms with Crippen LogP contribution in [-0.4, -0.2) is 45.8 Å². The third-order valence-electron chi connectivity index (χ3n) is 6.93. The van der Waals surface area contributed by atoms with Crippen LogP contribution in [-0.2, 0) is 17.6 Å². The fraction of sp³-hybridized carbons (Fsp3) is 0.200. The monoisotopic (exact) mass is 520 g/mol. The summed E-state index contributed by atoms with van der Waals surface area (Å²) in [7, 11) is 1.60. The van der Waals surface area contributed by atoms with E-state index in [-0.39, 0.29) is 17.8 Å². The minimum absolute atomic E-state index is 0.0196. The number of nitrogens with zero attached hydrogens (tertiary/aromatic N) is 3. The highest BCUT2D eigenvalue weighted by molar-refractivity contribution is 5.94. The number of hydrogen-bond donors (Lipinski definition) is 3. The number of benzene rings is 3. The third kappa shape index (κ3) is 5.30. The van der Waals surface area contributed by atoms with Crippen molar-refractivity contribution < 1.29 is 14.3 Å². The molecule has 196 valence electrons. The highest BCUT2D eigenvalue weighted by Gasteiger charge is 2.25. The first-order valence-corrected chi connectivity index (χ1v) is 12.8. The second-order valence-corrected chi connectivity index (χ2v) is 9.58. The number of rotatable bonds is 7. The molecular weight excluding hydrogens is 492 g/mol. The Kier molecular flexibility index (Phi) is 6.64. The molecule has 39 heavy (non-hydrogen) atoms. The first kappa shape index (κ1) is 24.6. The molecule has 0 radical (unpaired) electrons. The molecular formula is C30H28N6O3. The standard InChI is InChI=1S/C30H28N6O3/c1-38-27(13-18-5-3-2-4-6-18)36-29(37)20-8-10-26-21(14-20)15-22(17-39-26)28-33-24-9-7-19(16-25(24)34-28)23-11-12-32-30(31)35-23/h2-12,14,16,22,27H,13,15,17H2,1H3,(H,33,34)(H,36,37)(H2,31,32,35). The van der Waals surface area contributed by atoms with E-state index < -0.39 is 6.23 Å². The molecule has 2 unspecified atom stereocenters. The van der Waals surface area contributed by atoms with Crippen molar-refractivity contribution in [2.75, 3.05) is 19.5 Å². The minimum Gasteiger partial charge on any atom is -0.493 e. The van der Waals surface area contributed by atoms with Gasteiger partial charge in [0.1, 0.15) is 17.8 Å². The number of carbonyl (C=O) groups is 1. The van der Waals surface area contributed by atoms with E-state index in [1.54, 1.807) is 19.4 Å². The van der Waals surface area contributed by atoms with Crippen molar-refractivity contribution in [1.29, 1.82) is 0 Å². The van der Waals surface area contributed by atoms with Gasteiger partial charge in [-0.1, -0.05) is 36.4 Å². The SMILES string of the molecule is COC(Cc1ccccc1)NC(=O)c1ccc2c(c1)CC(c1nc3cc(-c4ccnc(N)n4)ccc3[nH]1)CO2. The van der Waals surface area contributed by atoms with Gasteiger partial charge in [-0.25, -0.2) is 15.0 Å². The van der Waals surface area contributed by atoms with Gasteiger partial charge in [0.25, 0.3) is 5.91 Å². The number of nitrogen functional groups attached to an aromatic ring is 1. The first-order chi connectivity index (χ1) is 19.1. The number of nitrogens with two attached hydrogens (primary N) is 1. The van der Waals surface area contributed by atoms with Crippen molar-refractivity contribution in [3.8, 4) is 17.0 Å². The lowest BCUT2D eigenvalue weighted by Crippen LogP contribution is -2.37. The van der Waals surface area contributed by atoms with E-state index in [2.05, 4.69) is 20.3 Å². The van der Waals surface area contributed by atoms with Crippen LogP contribution in [0.4, 0.5) is 5.95 Å². The van der Waals surface area contributed by atoms with Gasteiger partial charge in [0.2, 0.25) is 5.95 Å². The number of methoxy groups -OCH3 is 1. The van der Waals surface area contributed by atoms with Gasteiger partial charge >= 0.3 is 0 Å². The van der Waals surface area contributed by atoms with E-state index in [1.165, 1.54) is 0 Å². The molecule has 0 spiro atoms. The van der Waals surface area contributed by atoms with E-state index >= 15 is 0 Å². The molecule has 5 aromatic rings. The highest BCUT2D eigenvalue weighted by Crippen LogP contribution is 2.33. The molecule has 6 rings (SSSR count). The van der Waals surface area contributed by atoms with Crippen LogP contribution in [0.5, 0.6) is 5.75 Å². The fourth-order valence-electron chi connectivity index (χ4n) is 4.88. The number of imidazole rings is 1. The van der Waals surface area contributed by atoms with Gasteiger partial charge in [0, 0.05) is 30.9 Å². The van der Waals surface area contributed by atoms with Gasteiger partial charge in [-0.3, -0.25) is 4.79 Å². The van der Waals surface area contributed by atoms with Crippen LogP contribution in [0.3, 0.4) is 0 Å². The number of H-pyrrole nitrogens is 1. The Hall–Kier alpha value is -4.76. The number of ether oxygens (including phenoxy) is 2. The summed E-state index contributed by atoms with van der Waals surface area (Å²) in [4.78, 5) is 29.6. The Balaban J connectivity index is 1.18. The van der Waals surface area contributed by atoms with E-state index in [0.717, 1.165) is 45.0 Å². The second kappa shape index (κ2) is 10.5. The molecule has 1 amide bonds. The van der Waals surface area contributed by atoms with Gasteiger partial charge in [-0.05, 0) is 53.9 Å². The van der Waals surface area contributed by atoms with Crippen LogP contribution < -0.4 is 15.8 Å². The van der Waals surface area contributed by atoms with Crippen molar-refractivity contribution in [2.45, 2.75) is 25.0 Å². The van der Waals surface area contributed by atoms with Crippen LogP contribution >= 0.6 is 0 Å². The Labute approximate surface area is 225 Å². The molecule has 4 N–H and O–H groups in total. The fourth-order valence-corrected chi connectivity index (χ4v) is 4.88. The zero-order valence-electron chi connectivity index (χ0n) is 21.4. The minimum atomic E-state index is -0.431. The molecule has 1 aliphatic heterocycles. The van der Waals surface area contributed by atoms with E-state index in [4.69, 9.17) is 20.2 Å². The molecule has 0 saturated heterocycles. The summed E-state index contributed by atoms with van der Waals surface area (Å²) in [6.45, 7) is 0.497. The number of aromatic nitrogens is 4. The number of hydrogen-bond acceptors (Lipinski definition) is 7. The average molecular weight is 521 g/mol. The largest absolute Gasteiger partial charge is 0.493 e. The number of anilines is 1. The summed E-state index contributed by atoms with van der Waals surface area (Å²) < 4.78 is 11.6. The molecule has 0 fully saturated rings. The molecule has 0 saturated carbocycles. The van der Waals surface area contributed by atoms with Crippen LogP contribution in [0.15, 0.2) is 79.0 Å². The summed E-state index contributed by atoms with van der Waals surface area (Å²) in [6.07, 6.45) is 2.49. The van der Waals surface area contributed by atoms with Gasteiger partial charge < -0.3 is 25.5 Å². The lowest BCUT2D eigenvalue weighted by Gasteiger charge is -2.24. The third-order valence-corrected chi connectivity index (χ3v) is 6.93. The molecule has 0 bridgehead atoms. The summed E-state index contributed by atoms with van der Waals surface area (Å²) in [6, 6.07) is 23.2. The lowest BCUT2D eigenvalue weighted by molar-refractivity contribution is 0.0581. The van der Waals surface area contributed by atoms with Crippen LogP contribution in [0.25, 0.3) is 22.3 Å². The van der Waals surface area contributed by atoms with E-state index in [9.17, 15) is 4.79 Å². The maximum Gasteiger partial charge on any atom is 0.253 e. The molecule has 3 aromatic carbocycles. The molecule has 2 aromatic heterocycles. The van der Waals surface area contributed by atoms with Crippen LogP contribution in [0, 0.1) is 0 Å². The number of amides is 1. The van der Waals surface area contributed by atoms with Crippen molar-refractivity contribution in [3.63, 3.8) is 0 Å². The number of nitrogens with one attached hydrogen (secondary N) is 2. The summed E-state index contributed by atoms with van der Waals surface area (Å²) >= 11 is 0. The normalized spacial score (nSPS) is 15.4. The van der Waals surface area contributed by atoms with Crippen molar-refractivity contribution in [1.82, 2.24) is 25.3 Å². The first-order valence-electron chi connectivity index (χ1n) is 12.8. The van der Waals surface area contributed by atoms with Crippen LogP contribution in [0.1, 0.15) is 33.2 Å². The topological polar surface area (TPSA) is 128 Å². The van der Waals surface area contributed by atoms with Gasteiger partial charge in [0.15, 0.2) is 0 Å². The molecule has 3 heterocycles. The van der Waals surface area contributed by atoms with E-state index in [1.807, 2.05) is 66.7 Å². The zero-order valence-corrected chi connectivity index (χ0v) is 21.4. The van der Waals surface area contributed by atoms with Crippen molar-refractivity contribution in [2.24, 2.45) is 0 Å². The second-order valence-electron chi connectivity index (χ2n) is 9.58. The highest BCUT2D eigenvalue weighted by atomic mass is 16.5. The average Bonchev–Trinajstić information content (AvgIpc) is 3.40. The van der Waals surface area contributed by atoms with Crippen molar-refractivity contribution in [3.05, 3.63) is 102 Å². The molecule has 2 atom stereocenters. The quantitative estimate of drug-likeness (QED) is 0.274. The molecule has 9 nitrogen and oxygen atoms in total. The van der Waals surface area contributed by atoms with Gasteiger partial charge in [-0.2, -0.15) is 0 Å². The Morgan fingerprint density at radius 2 is 2.00 bits per heavy atom. The zero-order chi connectivity index (χ0) is 26.8. The number of aromatic amines is 1. The summed E-state index contributed by atoms with van der Waals surface area (Å²) in [5.74, 6) is 1.69.